The molecule has 0 bridgehead atoms. The summed E-state index contributed by atoms with van der Waals surface area (Å²) in [6.45, 7) is 6.07. The largest absolute Gasteiger partial charge is 0.454 e. The third kappa shape index (κ3) is 6.04. The lowest BCUT2D eigenvalue weighted by molar-refractivity contribution is -0.123. The molecule has 0 spiro atoms. The zero-order chi connectivity index (χ0) is 16.4. The van der Waals surface area contributed by atoms with Crippen molar-refractivity contribution in [3.05, 3.63) is 48.1 Å². The number of ether oxygens (including phenoxy) is 2. The minimum absolute atomic E-state index is 0.0972. The van der Waals surface area contributed by atoms with Gasteiger partial charge < -0.3 is 14.8 Å². The van der Waals surface area contributed by atoms with E-state index >= 15 is 0 Å². The molecule has 120 valence electrons. The SMILES string of the molecule is CC=CC=CCc1ccc2c(c1)OCO2.CNC(=O)C(C)C. The second kappa shape index (κ2) is 9.66. The minimum Gasteiger partial charge on any atom is -0.454 e. The molecule has 1 heterocycles. The van der Waals surface area contributed by atoms with E-state index in [-0.39, 0.29) is 11.8 Å². The Hall–Kier alpha value is -2.23. The van der Waals surface area contributed by atoms with Crippen molar-refractivity contribution in [2.75, 3.05) is 13.8 Å². The van der Waals surface area contributed by atoms with Crippen molar-refractivity contribution in [3.8, 4) is 11.5 Å². The lowest BCUT2D eigenvalue weighted by atomic mass is 10.1. The van der Waals surface area contributed by atoms with Crippen molar-refractivity contribution in [2.24, 2.45) is 5.92 Å². The second-order valence-corrected chi connectivity index (χ2v) is 5.11. The number of amides is 1. The van der Waals surface area contributed by atoms with Crippen LogP contribution in [0.1, 0.15) is 26.3 Å². The van der Waals surface area contributed by atoms with Crippen molar-refractivity contribution in [1.82, 2.24) is 5.32 Å². The molecular weight excluding hydrogens is 278 g/mol. The van der Waals surface area contributed by atoms with Gasteiger partial charge in [-0.3, -0.25) is 4.79 Å². The Morgan fingerprint density at radius 2 is 2.00 bits per heavy atom. The summed E-state index contributed by atoms with van der Waals surface area (Å²) < 4.78 is 10.6. The van der Waals surface area contributed by atoms with Crippen molar-refractivity contribution in [1.29, 1.82) is 0 Å². The monoisotopic (exact) mass is 303 g/mol. The number of nitrogens with one attached hydrogen (secondary N) is 1. The van der Waals surface area contributed by atoms with Crippen LogP contribution in [0, 0.1) is 5.92 Å². The van der Waals surface area contributed by atoms with E-state index < -0.39 is 0 Å². The zero-order valence-electron chi connectivity index (χ0n) is 13.8. The van der Waals surface area contributed by atoms with Crippen LogP contribution in [-0.2, 0) is 11.2 Å². The van der Waals surface area contributed by atoms with Crippen LogP contribution in [0.25, 0.3) is 0 Å². The van der Waals surface area contributed by atoms with Gasteiger partial charge in [-0.25, -0.2) is 0 Å². The molecule has 1 N–H and O–H groups in total. The molecule has 1 aliphatic rings. The lowest BCUT2D eigenvalue weighted by Crippen LogP contribution is -2.22. The molecule has 22 heavy (non-hydrogen) atoms. The van der Waals surface area contributed by atoms with Gasteiger partial charge in [0.05, 0.1) is 0 Å². The molecule has 0 saturated heterocycles. The first kappa shape index (κ1) is 17.8. The van der Waals surface area contributed by atoms with E-state index in [1.807, 2.05) is 51.1 Å². The molecule has 4 heteroatoms. The second-order valence-electron chi connectivity index (χ2n) is 5.11. The van der Waals surface area contributed by atoms with Crippen molar-refractivity contribution in [3.63, 3.8) is 0 Å². The highest BCUT2D eigenvalue weighted by Crippen LogP contribution is 2.32. The fourth-order valence-corrected chi connectivity index (χ4v) is 1.75. The highest BCUT2D eigenvalue weighted by molar-refractivity contribution is 5.77. The Kier molecular flexibility index (Phi) is 7.83. The minimum atomic E-state index is 0.0972. The molecule has 2 rings (SSSR count). The molecule has 0 radical (unpaired) electrons. The van der Waals surface area contributed by atoms with E-state index in [4.69, 9.17) is 9.47 Å². The predicted molar refractivity (Wildman–Crippen MR) is 89.1 cm³/mol. The Balaban J connectivity index is 0.000000295. The van der Waals surface area contributed by atoms with Gasteiger partial charge in [-0.2, -0.15) is 0 Å². The van der Waals surface area contributed by atoms with Crippen LogP contribution in [0.15, 0.2) is 42.5 Å². The summed E-state index contributed by atoms with van der Waals surface area (Å²) in [6.07, 6.45) is 9.12. The summed E-state index contributed by atoms with van der Waals surface area (Å²) in [5, 5.41) is 2.53. The summed E-state index contributed by atoms with van der Waals surface area (Å²) in [5.74, 6) is 1.91. The molecular formula is C18H25NO3. The molecule has 1 aromatic rings. The summed E-state index contributed by atoms with van der Waals surface area (Å²) in [5.41, 5.74) is 1.24. The third-order valence-electron chi connectivity index (χ3n) is 3.00. The number of allylic oxidation sites excluding steroid dienone is 4. The first-order valence-corrected chi connectivity index (χ1v) is 7.46. The van der Waals surface area contributed by atoms with Crippen LogP contribution >= 0.6 is 0 Å². The molecule has 1 aromatic carbocycles. The van der Waals surface area contributed by atoms with Crippen LogP contribution in [0.4, 0.5) is 0 Å². The molecule has 1 amide bonds. The Morgan fingerprint density at radius 1 is 1.27 bits per heavy atom. The fraction of sp³-hybridized carbons (Fsp3) is 0.389. The lowest BCUT2D eigenvalue weighted by Gasteiger charge is -1.98. The number of rotatable bonds is 4. The first-order chi connectivity index (χ1) is 10.6. The smallest absolute Gasteiger partial charge is 0.231 e. The average molecular weight is 303 g/mol. The first-order valence-electron chi connectivity index (χ1n) is 7.46. The molecule has 1 aliphatic heterocycles. The molecule has 0 aromatic heterocycles. The maximum absolute atomic E-state index is 10.4. The number of carbonyl (C=O) groups is 1. The number of fused-ring (bicyclic) bond motifs is 1. The average Bonchev–Trinajstić information content (AvgIpc) is 2.99. The standard InChI is InChI=1S/C13H14O2.C5H11NO/c1-2-3-4-5-6-11-7-8-12-13(9-11)15-10-14-12;1-4(2)5(7)6-3/h2-5,7-9H,6,10H2,1H3;4H,1-3H3,(H,6,7). The van der Waals surface area contributed by atoms with Crippen LogP contribution < -0.4 is 14.8 Å². The van der Waals surface area contributed by atoms with Gasteiger partial charge in [0, 0.05) is 13.0 Å². The Morgan fingerprint density at radius 3 is 2.59 bits per heavy atom. The van der Waals surface area contributed by atoms with E-state index in [1.54, 1.807) is 7.05 Å². The van der Waals surface area contributed by atoms with Gasteiger partial charge >= 0.3 is 0 Å². The Bertz CT molecular complexity index is 533. The van der Waals surface area contributed by atoms with Gasteiger partial charge in [0.2, 0.25) is 12.7 Å². The van der Waals surface area contributed by atoms with E-state index in [1.165, 1.54) is 5.56 Å². The van der Waals surface area contributed by atoms with Crippen LogP contribution in [-0.4, -0.2) is 19.7 Å². The maximum atomic E-state index is 10.4. The predicted octanol–water partition coefficient (Wildman–Crippen LogP) is 3.48. The summed E-state index contributed by atoms with van der Waals surface area (Å²) in [7, 11) is 1.64. The highest BCUT2D eigenvalue weighted by atomic mass is 16.7. The van der Waals surface area contributed by atoms with E-state index in [2.05, 4.69) is 17.5 Å². The summed E-state index contributed by atoms with van der Waals surface area (Å²) in [6, 6.07) is 6.05. The topological polar surface area (TPSA) is 47.6 Å². The number of hydrogen-bond acceptors (Lipinski definition) is 3. The molecule has 4 nitrogen and oxygen atoms in total. The number of carbonyl (C=O) groups excluding carboxylic acids is 1. The van der Waals surface area contributed by atoms with Gasteiger partial charge in [0.1, 0.15) is 0 Å². The van der Waals surface area contributed by atoms with Crippen LogP contribution in [0.5, 0.6) is 11.5 Å². The molecule has 0 aliphatic carbocycles. The van der Waals surface area contributed by atoms with E-state index in [0.29, 0.717) is 6.79 Å². The molecule has 0 atom stereocenters. The maximum Gasteiger partial charge on any atom is 0.231 e. The van der Waals surface area contributed by atoms with Gasteiger partial charge in [-0.15, -0.1) is 0 Å². The van der Waals surface area contributed by atoms with Gasteiger partial charge in [0.25, 0.3) is 0 Å². The van der Waals surface area contributed by atoms with E-state index in [0.717, 1.165) is 17.9 Å². The molecule has 0 saturated carbocycles. The Labute approximate surface area is 132 Å². The molecule has 0 fully saturated rings. The van der Waals surface area contributed by atoms with Gasteiger partial charge in [0.15, 0.2) is 11.5 Å². The van der Waals surface area contributed by atoms with Crippen molar-refractivity contribution < 1.29 is 14.3 Å². The number of hydrogen-bond donors (Lipinski definition) is 1. The summed E-state index contributed by atoms with van der Waals surface area (Å²) >= 11 is 0. The van der Waals surface area contributed by atoms with Crippen LogP contribution in [0.2, 0.25) is 0 Å². The third-order valence-corrected chi connectivity index (χ3v) is 3.00. The molecule has 0 unspecified atom stereocenters. The normalized spacial score (nSPS) is 12.6. The van der Waals surface area contributed by atoms with Crippen molar-refractivity contribution >= 4 is 5.91 Å². The van der Waals surface area contributed by atoms with Crippen LogP contribution in [0.3, 0.4) is 0 Å². The van der Waals surface area contributed by atoms with E-state index in [9.17, 15) is 4.79 Å². The zero-order valence-corrected chi connectivity index (χ0v) is 13.8. The van der Waals surface area contributed by atoms with Crippen molar-refractivity contribution in [2.45, 2.75) is 27.2 Å². The van der Waals surface area contributed by atoms with Gasteiger partial charge in [-0.05, 0) is 31.0 Å². The summed E-state index contributed by atoms with van der Waals surface area (Å²) in [4.78, 5) is 10.4. The quantitative estimate of drug-likeness (QED) is 0.866. The fourth-order valence-electron chi connectivity index (χ4n) is 1.75. The number of benzene rings is 1. The van der Waals surface area contributed by atoms with Gasteiger partial charge in [-0.1, -0.05) is 44.2 Å². The highest BCUT2D eigenvalue weighted by Gasteiger charge is 2.12.